The minimum absolute atomic E-state index is 0.121. The second-order valence-electron chi connectivity index (χ2n) is 7.16. The van der Waals surface area contributed by atoms with Crippen LogP contribution in [0.4, 0.5) is 4.39 Å². The van der Waals surface area contributed by atoms with E-state index in [1.165, 1.54) is 16.7 Å². The van der Waals surface area contributed by atoms with Crippen molar-refractivity contribution in [3.05, 3.63) is 39.4 Å². The number of hydrogen-bond donors (Lipinski definition) is 2. The topological polar surface area (TPSA) is 74.6 Å². The van der Waals surface area contributed by atoms with Crippen LogP contribution in [0.15, 0.2) is 16.9 Å². The van der Waals surface area contributed by atoms with Gasteiger partial charge < -0.3 is 19.9 Å². The van der Waals surface area contributed by atoms with E-state index in [1.54, 1.807) is 0 Å². The van der Waals surface area contributed by atoms with Gasteiger partial charge in [0, 0.05) is 18.0 Å². The number of benzene rings is 1. The Labute approximate surface area is 151 Å². The highest BCUT2D eigenvalue weighted by atomic mass is 19.1. The van der Waals surface area contributed by atoms with E-state index in [0.29, 0.717) is 30.5 Å². The van der Waals surface area contributed by atoms with Crippen LogP contribution in [0, 0.1) is 5.82 Å². The molecule has 0 saturated carbocycles. The molecule has 1 aliphatic rings. The number of aromatic nitrogens is 1. The van der Waals surface area contributed by atoms with Crippen LogP contribution in [0.3, 0.4) is 0 Å². The zero-order valence-corrected chi connectivity index (χ0v) is 15.3. The monoisotopic (exact) mass is 361 g/mol. The largest absolute Gasteiger partial charge is 0.506 e. The molecule has 26 heavy (non-hydrogen) atoms. The lowest BCUT2D eigenvalue weighted by Crippen LogP contribution is -2.36. The smallest absolute Gasteiger partial charge is 0.267 e. The average Bonchev–Trinajstić information content (AvgIpc) is 2.57. The molecule has 0 radical (unpaired) electrons. The minimum Gasteiger partial charge on any atom is -0.506 e. The standard InChI is InChI=1S/C19H24FN3O3/c1-11-5-6-12-9-13(20)10-14-16(12)23(11)19(26)15(17(14)24)18(25)21-7-4-8-22(2)3/h9-11,24H,4-8H2,1-3H3,(H,21,25)/t11-/m1/s1. The van der Waals surface area contributed by atoms with E-state index in [-0.39, 0.29) is 17.0 Å². The molecule has 0 spiro atoms. The number of hydrogen-bond acceptors (Lipinski definition) is 4. The first-order chi connectivity index (χ1) is 12.3. The van der Waals surface area contributed by atoms with Gasteiger partial charge in [-0.1, -0.05) is 0 Å². The maximum atomic E-state index is 14.0. The van der Waals surface area contributed by atoms with Gasteiger partial charge in [0.05, 0.1) is 5.52 Å². The van der Waals surface area contributed by atoms with Crippen LogP contribution in [-0.2, 0) is 6.42 Å². The summed E-state index contributed by atoms with van der Waals surface area (Å²) in [4.78, 5) is 27.5. The Morgan fingerprint density at radius 1 is 1.42 bits per heavy atom. The van der Waals surface area contributed by atoms with Gasteiger partial charge in [-0.15, -0.1) is 0 Å². The van der Waals surface area contributed by atoms with Gasteiger partial charge in [-0.2, -0.15) is 0 Å². The molecular weight excluding hydrogens is 337 g/mol. The third-order valence-electron chi connectivity index (χ3n) is 4.89. The molecule has 1 amide bonds. The third-order valence-corrected chi connectivity index (χ3v) is 4.89. The summed E-state index contributed by atoms with van der Waals surface area (Å²) in [5, 5.41) is 13.5. The van der Waals surface area contributed by atoms with Crippen molar-refractivity contribution in [1.29, 1.82) is 0 Å². The van der Waals surface area contributed by atoms with Crippen LogP contribution < -0.4 is 10.9 Å². The lowest BCUT2D eigenvalue weighted by atomic mass is 9.95. The molecule has 7 heteroatoms. The molecule has 1 aromatic heterocycles. The number of nitrogens with zero attached hydrogens (tertiary/aromatic N) is 2. The van der Waals surface area contributed by atoms with Gasteiger partial charge in [0.15, 0.2) is 0 Å². The molecule has 0 bridgehead atoms. The first-order valence-electron chi connectivity index (χ1n) is 8.83. The van der Waals surface area contributed by atoms with Crippen LogP contribution in [0.5, 0.6) is 5.75 Å². The Kier molecular flexibility index (Phi) is 5.00. The molecule has 1 aliphatic heterocycles. The van der Waals surface area contributed by atoms with Crippen molar-refractivity contribution < 1.29 is 14.3 Å². The van der Waals surface area contributed by atoms with Crippen molar-refractivity contribution in [3.63, 3.8) is 0 Å². The summed E-state index contributed by atoms with van der Waals surface area (Å²) in [5.74, 6) is -1.55. The molecule has 2 heterocycles. The Morgan fingerprint density at radius 3 is 2.85 bits per heavy atom. The van der Waals surface area contributed by atoms with Crippen molar-refractivity contribution in [2.24, 2.45) is 0 Å². The molecule has 2 aromatic rings. The Morgan fingerprint density at radius 2 is 2.15 bits per heavy atom. The number of aryl methyl sites for hydroxylation is 1. The van der Waals surface area contributed by atoms with Gasteiger partial charge in [-0.05, 0) is 64.5 Å². The Balaban J connectivity index is 2.07. The van der Waals surface area contributed by atoms with Gasteiger partial charge in [0.1, 0.15) is 17.1 Å². The van der Waals surface area contributed by atoms with Crippen molar-refractivity contribution >= 4 is 16.8 Å². The zero-order chi connectivity index (χ0) is 19.0. The van der Waals surface area contributed by atoms with Crippen molar-refractivity contribution in [2.45, 2.75) is 32.2 Å². The minimum atomic E-state index is -0.625. The number of amides is 1. The number of aromatic hydroxyl groups is 1. The first kappa shape index (κ1) is 18.4. The van der Waals surface area contributed by atoms with E-state index in [2.05, 4.69) is 5.32 Å². The number of carbonyl (C=O) groups is 1. The summed E-state index contributed by atoms with van der Waals surface area (Å²) in [6, 6.07) is 2.46. The third kappa shape index (κ3) is 3.19. The summed E-state index contributed by atoms with van der Waals surface area (Å²) >= 11 is 0. The number of carbonyl (C=O) groups excluding carboxylic acids is 1. The van der Waals surface area contributed by atoms with Gasteiger partial charge in [0.2, 0.25) is 0 Å². The molecule has 2 N–H and O–H groups in total. The molecule has 3 rings (SSSR count). The molecule has 0 aliphatic carbocycles. The summed E-state index contributed by atoms with van der Waals surface area (Å²) in [6.07, 6.45) is 2.03. The quantitative estimate of drug-likeness (QED) is 0.799. The van der Waals surface area contributed by atoms with E-state index >= 15 is 0 Å². The maximum Gasteiger partial charge on any atom is 0.267 e. The Bertz CT molecular complexity index is 921. The molecule has 1 aromatic carbocycles. The predicted molar refractivity (Wildman–Crippen MR) is 98.4 cm³/mol. The number of pyridine rings is 1. The fourth-order valence-corrected chi connectivity index (χ4v) is 3.57. The van der Waals surface area contributed by atoms with Gasteiger partial charge in [-0.25, -0.2) is 4.39 Å². The van der Waals surface area contributed by atoms with Crippen LogP contribution in [0.1, 0.15) is 41.7 Å². The van der Waals surface area contributed by atoms with Crippen LogP contribution in [0.25, 0.3) is 10.9 Å². The summed E-state index contributed by atoms with van der Waals surface area (Å²) in [7, 11) is 3.86. The van der Waals surface area contributed by atoms with Gasteiger partial charge in [0.25, 0.3) is 11.5 Å². The fourth-order valence-electron chi connectivity index (χ4n) is 3.57. The van der Waals surface area contributed by atoms with E-state index in [0.717, 1.165) is 13.0 Å². The highest BCUT2D eigenvalue weighted by Crippen LogP contribution is 2.35. The van der Waals surface area contributed by atoms with E-state index in [4.69, 9.17) is 0 Å². The predicted octanol–water partition coefficient (Wildman–Crippen LogP) is 2.03. The average molecular weight is 361 g/mol. The van der Waals surface area contributed by atoms with Gasteiger partial charge in [-0.3, -0.25) is 9.59 Å². The molecule has 0 unspecified atom stereocenters. The Hall–Kier alpha value is -2.41. The summed E-state index contributed by atoms with van der Waals surface area (Å²) < 4.78 is 15.5. The maximum absolute atomic E-state index is 14.0. The molecular formula is C19H24FN3O3. The second-order valence-corrected chi connectivity index (χ2v) is 7.16. The summed E-state index contributed by atoms with van der Waals surface area (Å²) in [6.45, 7) is 3.07. The van der Waals surface area contributed by atoms with E-state index in [9.17, 15) is 19.1 Å². The first-order valence-corrected chi connectivity index (χ1v) is 8.83. The number of halogens is 1. The molecule has 0 saturated heterocycles. The van der Waals surface area contributed by atoms with Gasteiger partial charge >= 0.3 is 0 Å². The lowest BCUT2D eigenvalue weighted by molar-refractivity contribution is 0.0947. The van der Waals surface area contributed by atoms with Crippen molar-refractivity contribution in [1.82, 2.24) is 14.8 Å². The van der Waals surface area contributed by atoms with E-state index in [1.807, 2.05) is 25.9 Å². The normalized spacial score (nSPS) is 16.3. The van der Waals surface area contributed by atoms with E-state index < -0.39 is 23.0 Å². The molecule has 6 nitrogen and oxygen atoms in total. The zero-order valence-electron chi connectivity index (χ0n) is 15.3. The number of nitrogens with one attached hydrogen (secondary N) is 1. The van der Waals surface area contributed by atoms with Crippen molar-refractivity contribution in [3.8, 4) is 5.75 Å². The second kappa shape index (κ2) is 7.07. The van der Waals surface area contributed by atoms with Crippen LogP contribution >= 0.6 is 0 Å². The fraction of sp³-hybridized carbons (Fsp3) is 0.474. The highest BCUT2D eigenvalue weighted by molar-refractivity contribution is 6.03. The molecule has 140 valence electrons. The SMILES string of the molecule is C[C@@H]1CCc2cc(F)cc3c(O)c(C(=O)NCCCN(C)C)c(=O)n1c23. The van der Waals surface area contributed by atoms with Crippen LogP contribution in [0.2, 0.25) is 0 Å². The summed E-state index contributed by atoms with van der Waals surface area (Å²) in [5.41, 5.74) is 0.369. The molecule has 0 fully saturated rings. The lowest BCUT2D eigenvalue weighted by Gasteiger charge is -2.26. The highest BCUT2D eigenvalue weighted by Gasteiger charge is 2.28. The van der Waals surface area contributed by atoms with Crippen LogP contribution in [-0.4, -0.2) is 47.7 Å². The van der Waals surface area contributed by atoms with Crippen molar-refractivity contribution in [2.75, 3.05) is 27.2 Å². The molecule has 1 atom stereocenters. The number of rotatable bonds is 5.